The zero-order valence-electron chi connectivity index (χ0n) is 4.23. The predicted molar refractivity (Wildman–Crippen MR) is 27.0 cm³/mol. The molecule has 1 aliphatic rings. The molecule has 0 saturated heterocycles. The molecule has 0 aromatic carbocycles. The van der Waals surface area contributed by atoms with Crippen LogP contribution in [0.2, 0.25) is 0 Å². The van der Waals surface area contributed by atoms with E-state index in [0.29, 0.717) is 0 Å². The third-order valence-corrected chi connectivity index (χ3v) is 0.871. The lowest BCUT2D eigenvalue weighted by Gasteiger charge is -1.92. The van der Waals surface area contributed by atoms with Crippen LogP contribution in [-0.4, -0.2) is 11.6 Å². The van der Waals surface area contributed by atoms with Gasteiger partial charge in [0.2, 0.25) is 5.78 Å². The summed E-state index contributed by atoms with van der Waals surface area (Å²) in [4.78, 5) is 20.6. The van der Waals surface area contributed by atoms with Crippen molar-refractivity contribution in [2.45, 2.75) is 12.8 Å². The molecular weight excluding hydrogens is 104 g/mol. The van der Waals surface area contributed by atoms with Crippen LogP contribution in [0, 0.1) is 11.8 Å². The van der Waals surface area contributed by atoms with Crippen molar-refractivity contribution < 1.29 is 9.59 Å². The van der Waals surface area contributed by atoms with Crippen LogP contribution in [0.25, 0.3) is 0 Å². The maximum atomic E-state index is 10.4. The van der Waals surface area contributed by atoms with E-state index in [1.807, 2.05) is 0 Å². The van der Waals surface area contributed by atoms with Crippen LogP contribution >= 0.6 is 0 Å². The minimum absolute atomic E-state index is 0.0208. The van der Waals surface area contributed by atoms with Crippen LogP contribution in [0.5, 0.6) is 0 Å². The molecule has 0 fully saturated rings. The van der Waals surface area contributed by atoms with Gasteiger partial charge in [0.15, 0.2) is 5.78 Å². The monoisotopic (exact) mass is 108 g/mol. The van der Waals surface area contributed by atoms with E-state index in [-0.39, 0.29) is 24.4 Å². The Morgan fingerprint density at radius 1 is 1.38 bits per heavy atom. The van der Waals surface area contributed by atoms with Gasteiger partial charge in [-0.05, 0) is 5.92 Å². The number of hydrogen-bond acceptors (Lipinski definition) is 2. The lowest BCUT2D eigenvalue weighted by atomic mass is 10.1. The fourth-order valence-electron chi connectivity index (χ4n) is 0.527. The summed E-state index contributed by atoms with van der Waals surface area (Å²) in [5.74, 6) is 4.43. The van der Waals surface area contributed by atoms with Gasteiger partial charge in [-0.15, -0.1) is 0 Å². The summed E-state index contributed by atoms with van der Waals surface area (Å²) in [6, 6.07) is 0. The van der Waals surface area contributed by atoms with E-state index in [4.69, 9.17) is 0 Å². The Morgan fingerprint density at radius 2 is 2.12 bits per heavy atom. The van der Waals surface area contributed by atoms with Crippen LogP contribution < -0.4 is 0 Å². The maximum Gasteiger partial charge on any atom is 0.212 e. The summed E-state index contributed by atoms with van der Waals surface area (Å²) < 4.78 is 0. The molecule has 0 bridgehead atoms. The van der Waals surface area contributed by atoms with Gasteiger partial charge in [0, 0.05) is 0 Å². The molecule has 0 aliphatic heterocycles. The molecule has 8 heavy (non-hydrogen) atoms. The zero-order chi connectivity index (χ0) is 5.98. The van der Waals surface area contributed by atoms with Crippen LogP contribution in [0.3, 0.4) is 0 Å². The Balaban J connectivity index is 2.76. The van der Waals surface area contributed by atoms with Crippen molar-refractivity contribution in [2.24, 2.45) is 0 Å². The number of rotatable bonds is 0. The lowest BCUT2D eigenvalue weighted by Crippen LogP contribution is -2.08. The minimum Gasteiger partial charge on any atom is -0.298 e. The molecule has 0 atom stereocenters. The van der Waals surface area contributed by atoms with Gasteiger partial charge in [-0.2, -0.15) is 0 Å². The summed E-state index contributed by atoms with van der Waals surface area (Å²) in [7, 11) is 0. The smallest absolute Gasteiger partial charge is 0.212 e. The molecule has 1 aliphatic carbocycles. The first kappa shape index (κ1) is 5.04. The summed E-state index contributed by atoms with van der Waals surface area (Å²) in [6.07, 6.45) is 0.277. The van der Waals surface area contributed by atoms with Crippen LogP contribution in [-0.2, 0) is 9.59 Å². The highest BCUT2D eigenvalue weighted by Gasteiger charge is 2.08. The molecule has 0 N–H and O–H groups in total. The van der Waals surface area contributed by atoms with E-state index >= 15 is 0 Å². The quantitative estimate of drug-likeness (QED) is 0.247. The Morgan fingerprint density at radius 3 is 2.50 bits per heavy atom. The van der Waals surface area contributed by atoms with E-state index in [0.717, 1.165) is 0 Å². The third-order valence-electron chi connectivity index (χ3n) is 0.871. The molecule has 0 amide bonds. The molecule has 0 saturated carbocycles. The van der Waals surface area contributed by atoms with Gasteiger partial charge >= 0.3 is 0 Å². The van der Waals surface area contributed by atoms with E-state index < -0.39 is 0 Å². The second-order valence-corrected chi connectivity index (χ2v) is 1.62. The molecule has 2 heteroatoms. The summed E-state index contributed by atoms with van der Waals surface area (Å²) in [6.45, 7) is 0. The highest BCUT2D eigenvalue weighted by atomic mass is 16.1. The van der Waals surface area contributed by atoms with Gasteiger partial charge in [-0.25, -0.2) is 0 Å². The van der Waals surface area contributed by atoms with E-state index in [9.17, 15) is 9.59 Å². The van der Waals surface area contributed by atoms with Crippen molar-refractivity contribution >= 4 is 11.6 Å². The van der Waals surface area contributed by atoms with Crippen LogP contribution in [0.1, 0.15) is 12.8 Å². The average molecular weight is 108 g/mol. The number of carbonyl (C=O) groups excluding carboxylic acids is 2. The topological polar surface area (TPSA) is 34.1 Å². The van der Waals surface area contributed by atoms with Gasteiger partial charge in [-0.3, -0.25) is 9.59 Å². The van der Waals surface area contributed by atoms with Crippen LogP contribution in [0.4, 0.5) is 0 Å². The lowest BCUT2D eigenvalue weighted by molar-refractivity contribution is -0.124. The Hall–Kier alpha value is -1.10. The Bertz CT molecular complexity index is 192. The first-order valence-electron chi connectivity index (χ1n) is 2.32. The molecule has 0 heterocycles. The SMILES string of the molecule is O=C1C#CCC(=O)C1. The largest absolute Gasteiger partial charge is 0.298 e. The van der Waals surface area contributed by atoms with Gasteiger partial charge in [0.05, 0.1) is 12.8 Å². The van der Waals surface area contributed by atoms with Gasteiger partial charge in [0.25, 0.3) is 0 Å². The van der Waals surface area contributed by atoms with E-state index in [2.05, 4.69) is 11.8 Å². The molecule has 40 valence electrons. The standard InChI is InChI=1S/C6H4O2/c7-5-2-1-3-6(8)4-5/h2,4H2. The first-order chi connectivity index (χ1) is 3.79. The Labute approximate surface area is 46.9 Å². The van der Waals surface area contributed by atoms with Crippen molar-refractivity contribution in [1.82, 2.24) is 0 Å². The third kappa shape index (κ3) is 0.941. The molecule has 1 rings (SSSR count). The molecule has 0 spiro atoms. The summed E-state index contributed by atoms with van der Waals surface area (Å²) >= 11 is 0. The minimum atomic E-state index is -0.249. The van der Waals surface area contributed by atoms with Crippen molar-refractivity contribution in [3.63, 3.8) is 0 Å². The number of hydrogen-bond donors (Lipinski definition) is 0. The highest BCUT2D eigenvalue weighted by molar-refractivity contribution is 6.10. The average Bonchev–Trinajstić information content (AvgIpc) is 1.64. The maximum absolute atomic E-state index is 10.4. The molecule has 0 radical (unpaired) electrons. The summed E-state index contributed by atoms with van der Waals surface area (Å²) in [5.41, 5.74) is 0. The predicted octanol–water partition coefficient (Wildman–Crippen LogP) is -0.0782. The molecule has 0 aromatic rings. The van der Waals surface area contributed by atoms with Gasteiger partial charge in [0.1, 0.15) is 0 Å². The molecule has 0 unspecified atom stereocenters. The molecule has 2 nitrogen and oxygen atoms in total. The van der Waals surface area contributed by atoms with Crippen molar-refractivity contribution in [1.29, 1.82) is 0 Å². The molecule has 0 aromatic heterocycles. The van der Waals surface area contributed by atoms with Gasteiger partial charge in [-0.1, -0.05) is 5.92 Å². The van der Waals surface area contributed by atoms with Crippen LogP contribution in [0.15, 0.2) is 0 Å². The highest BCUT2D eigenvalue weighted by Crippen LogP contribution is 1.94. The van der Waals surface area contributed by atoms with Crippen molar-refractivity contribution in [3.05, 3.63) is 0 Å². The van der Waals surface area contributed by atoms with Crippen molar-refractivity contribution in [3.8, 4) is 11.8 Å². The molecular formula is C6H4O2. The fraction of sp³-hybridized carbons (Fsp3) is 0.333. The van der Waals surface area contributed by atoms with Gasteiger partial charge < -0.3 is 0 Å². The normalized spacial score (nSPS) is 17.5. The number of Topliss-reactive ketones (excluding diaryl/α,β-unsaturated/α-hetero) is 2. The van der Waals surface area contributed by atoms with E-state index in [1.54, 1.807) is 0 Å². The number of ketones is 2. The first-order valence-corrected chi connectivity index (χ1v) is 2.32. The van der Waals surface area contributed by atoms with E-state index in [1.165, 1.54) is 0 Å². The Kier molecular flexibility index (Phi) is 1.13. The zero-order valence-corrected chi connectivity index (χ0v) is 4.23. The number of carbonyl (C=O) groups is 2. The second kappa shape index (κ2) is 1.79. The fourth-order valence-corrected chi connectivity index (χ4v) is 0.527. The van der Waals surface area contributed by atoms with Crippen molar-refractivity contribution in [2.75, 3.05) is 0 Å². The second-order valence-electron chi connectivity index (χ2n) is 1.62. The summed E-state index contributed by atoms with van der Waals surface area (Å²) in [5, 5.41) is 0.